The monoisotopic (exact) mass is 367 g/mol. The molecular weight excluding hydrogens is 347 g/mol. The SMILES string of the molecule is CC(C)c1cc(C(F)(F)F)nc(N2CCN(c3cc(N)ncn3)CC2)n1. The van der Waals surface area contributed by atoms with E-state index in [1.165, 1.54) is 6.33 Å². The summed E-state index contributed by atoms with van der Waals surface area (Å²) >= 11 is 0. The molecule has 3 heterocycles. The Hall–Kier alpha value is -2.65. The summed E-state index contributed by atoms with van der Waals surface area (Å²) in [7, 11) is 0. The van der Waals surface area contributed by atoms with Crippen LogP contribution in [0.25, 0.3) is 0 Å². The van der Waals surface area contributed by atoms with Crippen molar-refractivity contribution in [1.29, 1.82) is 0 Å². The summed E-state index contributed by atoms with van der Waals surface area (Å²) in [6, 6.07) is 2.70. The first-order valence-electron chi connectivity index (χ1n) is 8.27. The minimum absolute atomic E-state index is 0.116. The zero-order valence-corrected chi connectivity index (χ0v) is 14.5. The van der Waals surface area contributed by atoms with Gasteiger partial charge in [0.05, 0.1) is 0 Å². The zero-order valence-electron chi connectivity index (χ0n) is 14.5. The number of rotatable bonds is 3. The first kappa shape index (κ1) is 18.2. The lowest BCUT2D eigenvalue weighted by atomic mass is 10.1. The highest BCUT2D eigenvalue weighted by atomic mass is 19.4. The third kappa shape index (κ3) is 3.94. The molecule has 0 atom stereocenters. The molecule has 26 heavy (non-hydrogen) atoms. The quantitative estimate of drug-likeness (QED) is 0.891. The highest BCUT2D eigenvalue weighted by Crippen LogP contribution is 2.31. The minimum Gasteiger partial charge on any atom is -0.384 e. The lowest BCUT2D eigenvalue weighted by Gasteiger charge is -2.35. The molecule has 1 fully saturated rings. The van der Waals surface area contributed by atoms with Crippen molar-refractivity contribution in [3.63, 3.8) is 0 Å². The van der Waals surface area contributed by atoms with Crippen LogP contribution in [0.5, 0.6) is 0 Å². The Labute approximate surface area is 149 Å². The van der Waals surface area contributed by atoms with Gasteiger partial charge in [-0.2, -0.15) is 13.2 Å². The average molecular weight is 367 g/mol. The van der Waals surface area contributed by atoms with Crippen molar-refractivity contribution in [3.05, 3.63) is 29.8 Å². The number of piperazine rings is 1. The normalized spacial score (nSPS) is 15.6. The molecule has 0 saturated carbocycles. The Morgan fingerprint density at radius 1 is 1.00 bits per heavy atom. The van der Waals surface area contributed by atoms with Gasteiger partial charge in [0.25, 0.3) is 0 Å². The van der Waals surface area contributed by atoms with Crippen LogP contribution in [0.2, 0.25) is 0 Å². The summed E-state index contributed by atoms with van der Waals surface area (Å²) in [5.74, 6) is 1.07. The number of nitrogens with two attached hydrogens (primary N) is 1. The van der Waals surface area contributed by atoms with Crippen molar-refractivity contribution in [2.75, 3.05) is 41.7 Å². The molecule has 0 amide bonds. The molecule has 0 bridgehead atoms. The Morgan fingerprint density at radius 3 is 2.23 bits per heavy atom. The molecule has 0 spiro atoms. The highest BCUT2D eigenvalue weighted by molar-refractivity contribution is 5.48. The van der Waals surface area contributed by atoms with Crippen molar-refractivity contribution in [2.45, 2.75) is 25.9 Å². The van der Waals surface area contributed by atoms with Gasteiger partial charge in [0.1, 0.15) is 23.7 Å². The van der Waals surface area contributed by atoms with E-state index in [9.17, 15) is 13.2 Å². The molecule has 2 aromatic heterocycles. The van der Waals surface area contributed by atoms with E-state index in [0.29, 0.717) is 43.5 Å². The van der Waals surface area contributed by atoms with Crippen LogP contribution in [0.1, 0.15) is 31.2 Å². The largest absolute Gasteiger partial charge is 0.433 e. The van der Waals surface area contributed by atoms with Crippen LogP contribution in [-0.2, 0) is 6.18 Å². The fourth-order valence-corrected chi connectivity index (χ4v) is 2.71. The zero-order chi connectivity index (χ0) is 18.9. The van der Waals surface area contributed by atoms with E-state index in [2.05, 4.69) is 19.9 Å². The lowest BCUT2D eigenvalue weighted by molar-refractivity contribution is -0.141. The van der Waals surface area contributed by atoms with Gasteiger partial charge in [-0.05, 0) is 12.0 Å². The van der Waals surface area contributed by atoms with Crippen molar-refractivity contribution in [2.24, 2.45) is 0 Å². The predicted molar refractivity (Wildman–Crippen MR) is 92.0 cm³/mol. The first-order chi connectivity index (χ1) is 12.2. The van der Waals surface area contributed by atoms with Crippen LogP contribution in [0.3, 0.4) is 0 Å². The Morgan fingerprint density at radius 2 is 1.65 bits per heavy atom. The molecule has 1 aliphatic heterocycles. The number of aromatic nitrogens is 4. The van der Waals surface area contributed by atoms with Crippen LogP contribution in [0.4, 0.5) is 30.8 Å². The Kier molecular flexibility index (Phi) is 4.84. The fraction of sp³-hybridized carbons (Fsp3) is 0.500. The molecule has 3 rings (SSSR count). The van der Waals surface area contributed by atoms with Gasteiger partial charge in [-0.15, -0.1) is 0 Å². The molecule has 0 aromatic carbocycles. The van der Waals surface area contributed by atoms with E-state index in [1.54, 1.807) is 11.0 Å². The van der Waals surface area contributed by atoms with E-state index in [1.807, 2.05) is 18.7 Å². The van der Waals surface area contributed by atoms with Crippen molar-refractivity contribution in [3.8, 4) is 0 Å². The molecule has 140 valence electrons. The molecule has 10 heteroatoms. The predicted octanol–water partition coefficient (Wildman–Crippen LogP) is 2.32. The third-order valence-corrected chi connectivity index (χ3v) is 4.18. The maximum absolute atomic E-state index is 13.2. The number of halogens is 3. The van der Waals surface area contributed by atoms with Gasteiger partial charge >= 0.3 is 6.18 Å². The number of anilines is 3. The van der Waals surface area contributed by atoms with Gasteiger partial charge in [0.2, 0.25) is 5.95 Å². The summed E-state index contributed by atoms with van der Waals surface area (Å²) in [6.07, 6.45) is -3.11. The molecule has 2 N–H and O–H groups in total. The van der Waals surface area contributed by atoms with E-state index in [4.69, 9.17) is 5.73 Å². The van der Waals surface area contributed by atoms with Gasteiger partial charge in [-0.25, -0.2) is 19.9 Å². The molecule has 2 aromatic rings. The molecule has 1 aliphatic rings. The number of hydrogen-bond donors (Lipinski definition) is 1. The number of nitrogen functional groups attached to an aromatic ring is 1. The maximum Gasteiger partial charge on any atom is 0.433 e. The molecule has 7 nitrogen and oxygen atoms in total. The van der Waals surface area contributed by atoms with E-state index in [-0.39, 0.29) is 11.9 Å². The summed E-state index contributed by atoms with van der Waals surface area (Å²) < 4.78 is 39.5. The second kappa shape index (κ2) is 6.93. The summed E-state index contributed by atoms with van der Waals surface area (Å²) in [5.41, 5.74) is 5.15. The van der Waals surface area contributed by atoms with Crippen LogP contribution < -0.4 is 15.5 Å². The van der Waals surface area contributed by atoms with Crippen molar-refractivity contribution < 1.29 is 13.2 Å². The molecule has 0 radical (unpaired) electrons. The molecule has 0 aliphatic carbocycles. The summed E-state index contributed by atoms with van der Waals surface area (Å²) in [4.78, 5) is 19.9. The van der Waals surface area contributed by atoms with Gasteiger partial charge in [0.15, 0.2) is 0 Å². The van der Waals surface area contributed by atoms with Crippen LogP contribution in [-0.4, -0.2) is 46.1 Å². The van der Waals surface area contributed by atoms with Crippen LogP contribution in [0, 0.1) is 0 Å². The topological polar surface area (TPSA) is 84.1 Å². The molecular formula is C16H20F3N7. The highest BCUT2D eigenvalue weighted by Gasteiger charge is 2.34. The van der Waals surface area contributed by atoms with Crippen molar-refractivity contribution in [1.82, 2.24) is 19.9 Å². The third-order valence-electron chi connectivity index (χ3n) is 4.18. The molecule has 1 saturated heterocycles. The standard InChI is InChI=1S/C16H20F3N7/c1-10(2)11-7-12(16(17,18)19)24-15(23-11)26-5-3-25(4-6-26)14-8-13(20)21-9-22-14/h7-10H,3-6H2,1-2H3,(H2,20,21,22). The second-order valence-electron chi connectivity index (χ2n) is 6.41. The molecule has 0 unspecified atom stereocenters. The lowest BCUT2D eigenvalue weighted by Crippen LogP contribution is -2.47. The Bertz CT molecular complexity index is 771. The van der Waals surface area contributed by atoms with E-state index < -0.39 is 11.9 Å². The smallest absolute Gasteiger partial charge is 0.384 e. The maximum atomic E-state index is 13.2. The Balaban J connectivity index is 1.79. The van der Waals surface area contributed by atoms with Crippen LogP contribution >= 0.6 is 0 Å². The van der Waals surface area contributed by atoms with Gasteiger partial charge in [0, 0.05) is 37.9 Å². The summed E-state index contributed by atoms with van der Waals surface area (Å²) in [6.45, 7) is 5.75. The number of nitrogens with zero attached hydrogens (tertiary/aromatic N) is 6. The van der Waals surface area contributed by atoms with Gasteiger partial charge < -0.3 is 15.5 Å². The average Bonchev–Trinajstić information content (AvgIpc) is 2.61. The van der Waals surface area contributed by atoms with E-state index in [0.717, 1.165) is 6.07 Å². The van der Waals surface area contributed by atoms with Gasteiger partial charge in [-0.3, -0.25) is 0 Å². The second-order valence-corrected chi connectivity index (χ2v) is 6.41. The fourth-order valence-electron chi connectivity index (χ4n) is 2.71. The number of hydrogen-bond acceptors (Lipinski definition) is 7. The van der Waals surface area contributed by atoms with E-state index >= 15 is 0 Å². The number of alkyl halides is 3. The van der Waals surface area contributed by atoms with Crippen LogP contribution in [0.15, 0.2) is 18.5 Å². The minimum atomic E-state index is -4.50. The van der Waals surface area contributed by atoms with Gasteiger partial charge in [-0.1, -0.05) is 13.8 Å². The van der Waals surface area contributed by atoms with Crippen molar-refractivity contribution >= 4 is 17.6 Å². The first-order valence-corrected chi connectivity index (χ1v) is 8.27. The summed E-state index contributed by atoms with van der Waals surface area (Å²) in [5, 5.41) is 0.